The lowest BCUT2D eigenvalue weighted by Gasteiger charge is -2.16. The van der Waals surface area contributed by atoms with Gasteiger partial charge in [-0.05, 0) is 26.3 Å². The predicted molar refractivity (Wildman–Crippen MR) is 103 cm³/mol. The summed E-state index contributed by atoms with van der Waals surface area (Å²) in [6.07, 6.45) is 1.53. The number of H-pyrrole nitrogens is 2. The first-order chi connectivity index (χ1) is 13.3. The van der Waals surface area contributed by atoms with E-state index < -0.39 is 17.2 Å². The van der Waals surface area contributed by atoms with E-state index in [1.807, 2.05) is 6.92 Å². The fourth-order valence-electron chi connectivity index (χ4n) is 2.86. The van der Waals surface area contributed by atoms with Gasteiger partial charge in [-0.1, -0.05) is 6.92 Å². The van der Waals surface area contributed by atoms with E-state index in [9.17, 15) is 19.5 Å². The number of ether oxygens (including phenoxy) is 1. The molecule has 0 aromatic carbocycles. The molecule has 0 amide bonds. The largest absolute Gasteiger partial charge is 0.492 e. The minimum atomic E-state index is -1.20. The molecule has 10 nitrogen and oxygen atoms in total. The molecule has 0 aliphatic rings. The highest BCUT2D eigenvalue weighted by Crippen LogP contribution is 2.33. The van der Waals surface area contributed by atoms with Gasteiger partial charge in [-0.2, -0.15) is 0 Å². The van der Waals surface area contributed by atoms with Crippen molar-refractivity contribution >= 4 is 28.4 Å². The molecule has 146 valence electrons. The Bertz CT molecular complexity index is 1180. The van der Waals surface area contributed by atoms with Gasteiger partial charge in [0.1, 0.15) is 17.0 Å². The van der Waals surface area contributed by atoms with Crippen molar-refractivity contribution in [1.82, 2.24) is 19.9 Å². The number of aromatic nitrogens is 4. The van der Waals surface area contributed by atoms with Gasteiger partial charge >= 0.3 is 11.7 Å². The van der Waals surface area contributed by atoms with Gasteiger partial charge in [0, 0.05) is 11.6 Å². The molecule has 0 bridgehead atoms. The van der Waals surface area contributed by atoms with Crippen LogP contribution in [0.4, 0.5) is 11.4 Å². The number of hydrogen-bond donors (Lipinski definition) is 4. The highest BCUT2D eigenvalue weighted by Gasteiger charge is 2.22. The topological polar surface area (TPSA) is 150 Å². The normalized spacial score (nSPS) is 10.8. The first kappa shape index (κ1) is 19.1. The molecule has 3 aromatic rings. The maximum absolute atomic E-state index is 12.1. The molecule has 0 aliphatic heterocycles. The third kappa shape index (κ3) is 3.43. The Morgan fingerprint density at radius 3 is 2.64 bits per heavy atom. The minimum absolute atomic E-state index is 0.0183. The number of aryl methyl sites for hydroxylation is 2. The van der Waals surface area contributed by atoms with E-state index in [0.29, 0.717) is 41.2 Å². The van der Waals surface area contributed by atoms with Gasteiger partial charge in [0.15, 0.2) is 5.65 Å². The third-order valence-electron chi connectivity index (χ3n) is 4.12. The number of carboxylic acid groups (broad SMARTS) is 1. The van der Waals surface area contributed by atoms with Crippen molar-refractivity contribution in [2.45, 2.75) is 27.2 Å². The molecule has 3 aromatic heterocycles. The van der Waals surface area contributed by atoms with Crippen LogP contribution in [0.3, 0.4) is 0 Å². The number of pyridine rings is 2. The van der Waals surface area contributed by atoms with Crippen LogP contribution in [-0.4, -0.2) is 37.6 Å². The van der Waals surface area contributed by atoms with E-state index in [2.05, 4.69) is 25.3 Å². The quantitative estimate of drug-likeness (QED) is 0.501. The lowest BCUT2D eigenvalue weighted by Crippen LogP contribution is -2.24. The van der Waals surface area contributed by atoms with Gasteiger partial charge in [0.2, 0.25) is 0 Å². The number of carboxylic acids is 1. The highest BCUT2D eigenvalue weighted by molar-refractivity contribution is 6.06. The molecule has 3 rings (SSSR count). The fraction of sp³-hybridized carbons (Fsp3) is 0.278. The molecule has 10 heteroatoms. The molecule has 4 N–H and O–H groups in total. The van der Waals surface area contributed by atoms with Gasteiger partial charge in [0.05, 0.1) is 23.7 Å². The summed E-state index contributed by atoms with van der Waals surface area (Å²) in [7, 11) is 0. The Morgan fingerprint density at radius 1 is 1.29 bits per heavy atom. The SMILES string of the molecule is CCOc1cc2c(Nc3c[nH]c(=O)[nH]c3=O)c(C(=O)O)c(CC)nc2nc1C. The van der Waals surface area contributed by atoms with Crippen LogP contribution in [0.2, 0.25) is 0 Å². The molecule has 0 radical (unpaired) electrons. The molecule has 0 saturated heterocycles. The van der Waals surface area contributed by atoms with E-state index in [0.717, 1.165) is 0 Å². The first-order valence-electron chi connectivity index (χ1n) is 8.65. The summed E-state index contributed by atoms with van der Waals surface area (Å²) in [5.41, 5.74) is -0.0402. The van der Waals surface area contributed by atoms with Crippen molar-refractivity contribution in [2.24, 2.45) is 0 Å². The number of hydrogen-bond acceptors (Lipinski definition) is 7. The van der Waals surface area contributed by atoms with Crippen molar-refractivity contribution in [3.8, 4) is 5.75 Å². The van der Waals surface area contributed by atoms with Crippen LogP contribution in [0.25, 0.3) is 11.0 Å². The van der Waals surface area contributed by atoms with Crippen molar-refractivity contribution in [3.63, 3.8) is 0 Å². The molecule has 0 aliphatic carbocycles. The number of rotatable bonds is 6. The molecule has 0 unspecified atom stereocenters. The number of aromatic amines is 2. The number of carbonyl (C=O) groups is 1. The molecule has 0 atom stereocenters. The zero-order valence-electron chi connectivity index (χ0n) is 15.5. The molecular weight excluding hydrogens is 366 g/mol. The summed E-state index contributed by atoms with van der Waals surface area (Å²) in [6.45, 7) is 5.77. The third-order valence-corrected chi connectivity index (χ3v) is 4.12. The average Bonchev–Trinajstić information content (AvgIpc) is 2.64. The van der Waals surface area contributed by atoms with Crippen LogP contribution in [0.15, 0.2) is 21.9 Å². The minimum Gasteiger partial charge on any atom is -0.492 e. The lowest BCUT2D eigenvalue weighted by molar-refractivity contribution is 0.0696. The Morgan fingerprint density at radius 2 is 2.04 bits per heavy atom. The second-order valence-electron chi connectivity index (χ2n) is 5.95. The Balaban J connectivity index is 2.36. The van der Waals surface area contributed by atoms with Crippen LogP contribution in [-0.2, 0) is 6.42 Å². The van der Waals surface area contributed by atoms with Crippen LogP contribution >= 0.6 is 0 Å². The van der Waals surface area contributed by atoms with Crippen molar-refractivity contribution in [3.05, 3.63) is 50.1 Å². The van der Waals surface area contributed by atoms with E-state index in [-0.39, 0.29) is 16.9 Å². The van der Waals surface area contributed by atoms with Crippen LogP contribution in [0.1, 0.15) is 35.6 Å². The van der Waals surface area contributed by atoms with Crippen molar-refractivity contribution < 1.29 is 14.6 Å². The van der Waals surface area contributed by atoms with Crippen LogP contribution in [0.5, 0.6) is 5.75 Å². The zero-order chi connectivity index (χ0) is 20.4. The van der Waals surface area contributed by atoms with Gasteiger partial charge in [0.25, 0.3) is 5.56 Å². The zero-order valence-corrected chi connectivity index (χ0v) is 15.5. The Kier molecular flexibility index (Phi) is 5.12. The van der Waals surface area contributed by atoms with Gasteiger partial charge in [-0.25, -0.2) is 19.6 Å². The fourth-order valence-corrected chi connectivity index (χ4v) is 2.86. The predicted octanol–water partition coefficient (Wildman–Crippen LogP) is 1.72. The maximum Gasteiger partial charge on any atom is 0.339 e. The van der Waals surface area contributed by atoms with Crippen molar-refractivity contribution in [2.75, 3.05) is 11.9 Å². The monoisotopic (exact) mass is 385 g/mol. The Hall–Kier alpha value is -3.69. The summed E-state index contributed by atoms with van der Waals surface area (Å²) >= 11 is 0. The number of fused-ring (bicyclic) bond motifs is 1. The smallest absolute Gasteiger partial charge is 0.339 e. The Labute approximate surface area is 158 Å². The van der Waals surface area contributed by atoms with E-state index in [4.69, 9.17) is 4.74 Å². The van der Waals surface area contributed by atoms with Gasteiger partial charge in [-0.3, -0.25) is 9.78 Å². The summed E-state index contributed by atoms with van der Waals surface area (Å²) in [6, 6.07) is 1.64. The summed E-state index contributed by atoms with van der Waals surface area (Å²) in [5.74, 6) is -0.719. The van der Waals surface area contributed by atoms with Gasteiger partial charge < -0.3 is 20.1 Å². The lowest BCUT2D eigenvalue weighted by atomic mass is 10.0. The average molecular weight is 385 g/mol. The summed E-state index contributed by atoms with van der Waals surface area (Å²) < 4.78 is 5.57. The highest BCUT2D eigenvalue weighted by atomic mass is 16.5. The second kappa shape index (κ2) is 7.51. The standard InChI is InChI=1S/C18H19N5O5/c1-4-10-13(17(25)26)14(21-11-7-19-18(27)23-16(11)24)9-6-12(28-5-2)8(3)20-15(9)22-10/h6-7H,4-5H2,1-3H3,(H,25,26)(H,20,21,22)(H2,19,23,24,27). The van der Waals surface area contributed by atoms with E-state index >= 15 is 0 Å². The second-order valence-corrected chi connectivity index (χ2v) is 5.95. The number of nitrogens with zero attached hydrogens (tertiary/aromatic N) is 2. The number of aromatic carboxylic acids is 1. The summed E-state index contributed by atoms with van der Waals surface area (Å²) in [5, 5.41) is 13.0. The molecular formula is C18H19N5O5. The van der Waals surface area contributed by atoms with Crippen LogP contribution in [0, 0.1) is 6.92 Å². The van der Waals surface area contributed by atoms with Gasteiger partial charge in [-0.15, -0.1) is 0 Å². The van der Waals surface area contributed by atoms with Crippen molar-refractivity contribution in [1.29, 1.82) is 0 Å². The van der Waals surface area contributed by atoms with Crippen LogP contribution < -0.4 is 21.3 Å². The molecule has 0 fully saturated rings. The van der Waals surface area contributed by atoms with E-state index in [1.165, 1.54) is 6.20 Å². The molecule has 0 saturated carbocycles. The number of anilines is 2. The first-order valence-corrected chi connectivity index (χ1v) is 8.65. The molecule has 0 spiro atoms. The number of nitrogens with one attached hydrogen (secondary N) is 3. The maximum atomic E-state index is 12.1. The summed E-state index contributed by atoms with van der Waals surface area (Å²) in [4.78, 5) is 48.6. The van der Waals surface area contributed by atoms with E-state index in [1.54, 1.807) is 19.9 Å². The molecule has 28 heavy (non-hydrogen) atoms. The molecule has 3 heterocycles.